The Morgan fingerprint density at radius 3 is 2.17 bits per heavy atom. The number of benzene rings is 2. The summed E-state index contributed by atoms with van der Waals surface area (Å²) in [6.45, 7) is 1.01. The largest absolute Gasteiger partial charge is 0.493 e. The standard InChI is InChI=1S/C17H18BrClO4/c1-20-15-5-3-6-16(21-2)17(15)23-10-4-9-22-14-8-7-12(19)11-13(14)18/h3,5-8,11H,4,9-10H2,1-2H3. The van der Waals surface area contributed by atoms with Crippen molar-refractivity contribution in [1.29, 1.82) is 0 Å². The molecular formula is C17H18BrClO4. The van der Waals surface area contributed by atoms with E-state index in [-0.39, 0.29) is 0 Å². The summed E-state index contributed by atoms with van der Waals surface area (Å²) in [5.41, 5.74) is 0. The highest BCUT2D eigenvalue weighted by Crippen LogP contribution is 2.36. The van der Waals surface area contributed by atoms with E-state index in [1.807, 2.05) is 24.3 Å². The number of halogens is 2. The van der Waals surface area contributed by atoms with Gasteiger partial charge in [0.1, 0.15) is 5.75 Å². The Kier molecular flexibility index (Phi) is 6.86. The summed E-state index contributed by atoms with van der Waals surface area (Å²) in [6, 6.07) is 10.9. The van der Waals surface area contributed by atoms with E-state index in [9.17, 15) is 0 Å². The first-order chi connectivity index (χ1) is 11.2. The predicted molar refractivity (Wildman–Crippen MR) is 94.3 cm³/mol. The molecule has 0 aliphatic rings. The van der Waals surface area contributed by atoms with Gasteiger partial charge in [-0.1, -0.05) is 17.7 Å². The van der Waals surface area contributed by atoms with Gasteiger partial charge in [0.15, 0.2) is 11.5 Å². The molecule has 0 bridgehead atoms. The minimum absolute atomic E-state index is 0.488. The van der Waals surface area contributed by atoms with Crippen molar-refractivity contribution >= 4 is 27.5 Å². The van der Waals surface area contributed by atoms with Crippen molar-refractivity contribution in [3.63, 3.8) is 0 Å². The summed E-state index contributed by atoms with van der Waals surface area (Å²) >= 11 is 9.31. The summed E-state index contributed by atoms with van der Waals surface area (Å²) in [4.78, 5) is 0. The van der Waals surface area contributed by atoms with E-state index in [0.29, 0.717) is 35.5 Å². The van der Waals surface area contributed by atoms with E-state index < -0.39 is 0 Å². The molecule has 124 valence electrons. The molecule has 0 aliphatic heterocycles. The molecule has 0 radical (unpaired) electrons. The zero-order valence-corrected chi connectivity index (χ0v) is 15.3. The maximum Gasteiger partial charge on any atom is 0.203 e. The Bertz CT molecular complexity index is 626. The minimum atomic E-state index is 0.488. The average molecular weight is 402 g/mol. The van der Waals surface area contributed by atoms with Crippen LogP contribution < -0.4 is 18.9 Å². The topological polar surface area (TPSA) is 36.9 Å². The zero-order chi connectivity index (χ0) is 16.7. The maximum absolute atomic E-state index is 5.90. The second kappa shape index (κ2) is 8.89. The van der Waals surface area contributed by atoms with Gasteiger partial charge >= 0.3 is 0 Å². The molecule has 0 unspecified atom stereocenters. The molecule has 2 rings (SSSR count). The van der Waals surface area contributed by atoms with Crippen LogP contribution in [0.3, 0.4) is 0 Å². The van der Waals surface area contributed by atoms with Gasteiger partial charge in [-0.3, -0.25) is 0 Å². The Hall–Kier alpha value is -1.59. The molecule has 6 heteroatoms. The van der Waals surface area contributed by atoms with Gasteiger partial charge in [0.05, 0.1) is 31.9 Å². The summed E-state index contributed by atoms with van der Waals surface area (Å²) in [6.07, 6.45) is 0.719. The SMILES string of the molecule is COc1cccc(OC)c1OCCCOc1ccc(Cl)cc1Br. The Morgan fingerprint density at radius 2 is 1.57 bits per heavy atom. The van der Waals surface area contributed by atoms with Crippen LogP contribution in [0.4, 0.5) is 0 Å². The fraction of sp³-hybridized carbons (Fsp3) is 0.294. The monoisotopic (exact) mass is 400 g/mol. The van der Waals surface area contributed by atoms with Crippen LogP contribution in [0.15, 0.2) is 40.9 Å². The highest BCUT2D eigenvalue weighted by molar-refractivity contribution is 9.10. The molecule has 0 fully saturated rings. The lowest BCUT2D eigenvalue weighted by Gasteiger charge is -2.14. The lowest BCUT2D eigenvalue weighted by atomic mass is 10.3. The molecule has 2 aromatic carbocycles. The Balaban J connectivity index is 1.84. The summed E-state index contributed by atoms with van der Waals surface area (Å²) < 4.78 is 22.9. The van der Waals surface area contributed by atoms with E-state index in [1.54, 1.807) is 26.4 Å². The van der Waals surface area contributed by atoms with Crippen LogP contribution in [0.25, 0.3) is 0 Å². The van der Waals surface area contributed by atoms with Crippen molar-refractivity contribution < 1.29 is 18.9 Å². The van der Waals surface area contributed by atoms with E-state index in [1.165, 1.54) is 0 Å². The molecule has 0 heterocycles. The highest BCUT2D eigenvalue weighted by Gasteiger charge is 2.11. The van der Waals surface area contributed by atoms with E-state index >= 15 is 0 Å². The second-order valence-electron chi connectivity index (χ2n) is 4.62. The van der Waals surface area contributed by atoms with Gasteiger partial charge in [0.2, 0.25) is 5.75 Å². The van der Waals surface area contributed by atoms with Gasteiger partial charge in [-0.15, -0.1) is 0 Å². The maximum atomic E-state index is 5.90. The fourth-order valence-electron chi connectivity index (χ4n) is 1.97. The number of hydrogen-bond acceptors (Lipinski definition) is 4. The molecule has 0 aliphatic carbocycles. The first-order valence-corrected chi connectivity index (χ1v) is 8.24. The third-order valence-corrected chi connectivity index (χ3v) is 3.92. The van der Waals surface area contributed by atoms with Crippen molar-refractivity contribution in [2.75, 3.05) is 27.4 Å². The number of methoxy groups -OCH3 is 2. The van der Waals surface area contributed by atoms with Crippen LogP contribution >= 0.6 is 27.5 Å². The highest BCUT2D eigenvalue weighted by atomic mass is 79.9. The van der Waals surface area contributed by atoms with Crippen LogP contribution in [-0.4, -0.2) is 27.4 Å². The average Bonchev–Trinajstić information content (AvgIpc) is 2.56. The van der Waals surface area contributed by atoms with Crippen LogP contribution in [0.1, 0.15) is 6.42 Å². The molecule has 0 amide bonds. The van der Waals surface area contributed by atoms with E-state index in [2.05, 4.69) is 15.9 Å². The van der Waals surface area contributed by atoms with Crippen molar-refractivity contribution in [3.05, 3.63) is 45.9 Å². The van der Waals surface area contributed by atoms with Crippen LogP contribution in [0, 0.1) is 0 Å². The molecule has 0 saturated carbocycles. The predicted octanol–water partition coefficient (Wildman–Crippen LogP) is 4.97. The summed E-state index contributed by atoms with van der Waals surface area (Å²) in [7, 11) is 3.20. The van der Waals surface area contributed by atoms with E-state index in [0.717, 1.165) is 16.6 Å². The van der Waals surface area contributed by atoms with Gasteiger partial charge in [-0.25, -0.2) is 0 Å². The smallest absolute Gasteiger partial charge is 0.203 e. The van der Waals surface area contributed by atoms with Crippen LogP contribution in [-0.2, 0) is 0 Å². The van der Waals surface area contributed by atoms with Gasteiger partial charge in [0, 0.05) is 11.4 Å². The van der Waals surface area contributed by atoms with Crippen LogP contribution in [0.2, 0.25) is 5.02 Å². The molecule has 0 N–H and O–H groups in total. The number of ether oxygens (including phenoxy) is 4. The third-order valence-electron chi connectivity index (χ3n) is 3.07. The Labute approximate surface area is 149 Å². The van der Waals surface area contributed by atoms with Crippen LogP contribution in [0.5, 0.6) is 23.0 Å². The van der Waals surface area contributed by atoms with Crippen molar-refractivity contribution in [1.82, 2.24) is 0 Å². The third kappa shape index (κ3) is 4.94. The molecule has 0 saturated heterocycles. The van der Waals surface area contributed by atoms with Crippen molar-refractivity contribution in [2.24, 2.45) is 0 Å². The summed E-state index contributed by atoms with van der Waals surface area (Å²) in [5, 5.41) is 0.663. The van der Waals surface area contributed by atoms with Gasteiger partial charge in [0.25, 0.3) is 0 Å². The molecule has 2 aromatic rings. The first kappa shape index (κ1) is 17.8. The summed E-state index contributed by atoms with van der Waals surface area (Å²) in [5.74, 6) is 2.64. The first-order valence-electron chi connectivity index (χ1n) is 7.07. The van der Waals surface area contributed by atoms with E-state index in [4.69, 9.17) is 30.5 Å². The molecule has 0 atom stereocenters. The minimum Gasteiger partial charge on any atom is -0.493 e. The number of para-hydroxylation sites is 1. The molecule has 23 heavy (non-hydrogen) atoms. The van der Waals surface area contributed by atoms with Gasteiger partial charge in [-0.2, -0.15) is 0 Å². The molecular weight excluding hydrogens is 384 g/mol. The van der Waals surface area contributed by atoms with Crippen molar-refractivity contribution in [2.45, 2.75) is 6.42 Å². The second-order valence-corrected chi connectivity index (χ2v) is 5.91. The number of rotatable bonds is 8. The number of hydrogen-bond donors (Lipinski definition) is 0. The zero-order valence-electron chi connectivity index (χ0n) is 13.0. The fourth-order valence-corrected chi connectivity index (χ4v) is 2.76. The quantitative estimate of drug-likeness (QED) is 0.585. The normalized spacial score (nSPS) is 10.3. The molecule has 4 nitrogen and oxygen atoms in total. The molecule has 0 aromatic heterocycles. The van der Waals surface area contributed by atoms with Gasteiger partial charge < -0.3 is 18.9 Å². The Morgan fingerprint density at radius 1 is 0.913 bits per heavy atom. The van der Waals surface area contributed by atoms with Gasteiger partial charge in [-0.05, 0) is 46.3 Å². The molecule has 0 spiro atoms. The van der Waals surface area contributed by atoms with Crippen molar-refractivity contribution in [3.8, 4) is 23.0 Å². The lowest BCUT2D eigenvalue weighted by Crippen LogP contribution is -2.06. The lowest BCUT2D eigenvalue weighted by molar-refractivity contribution is 0.232.